The van der Waals surface area contributed by atoms with Crippen LogP contribution in [-0.2, 0) is 4.74 Å². The van der Waals surface area contributed by atoms with Gasteiger partial charge in [-0.25, -0.2) is 9.18 Å². The van der Waals surface area contributed by atoms with Crippen molar-refractivity contribution in [3.05, 3.63) is 58.9 Å². The first-order valence-corrected chi connectivity index (χ1v) is 8.28. The van der Waals surface area contributed by atoms with Crippen molar-refractivity contribution >= 4 is 24.0 Å². The number of halogens is 1. The lowest BCUT2D eigenvalue weighted by molar-refractivity contribution is 0.00649. The molecule has 0 saturated heterocycles. The summed E-state index contributed by atoms with van der Waals surface area (Å²) in [5.74, 6) is -1.11. The van der Waals surface area contributed by atoms with Gasteiger partial charge in [0.1, 0.15) is 11.4 Å². The summed E-state index contributed by atoms with van der Waals surface area (Å²) in [4.78, 5) is 24.9. The molecular formula is C19H19FO3S. The van der Waals surface area contributed by atoms with Gasteiger partial charge in [0.2, 0.25) is 0 Å². The Morgan fingerprint density at radius 1 is 1.21 bits per heavy atom. The van der Waals surface area contributed by atoms with E-state index in [1.807, 2.05) is 13.0 Å². The van der Waals surface area contributed by atoms with Gasteiger partial charge in [-0.05, 0) is 51.5 Å². The molecule has 0 radical (unpaired) electrons. The highest BCUT2D eigenvalue weighted by Gasteiger charge is 2.22. The minimum absolute atomic E-state index is 0.148. The van der Waals surface area contributed by atoms with E-state index in [1.165, 1.54) is 23.9 Å². The number of esters is 1. The molecule has 0 fully saturated rings. The largest absolute Gasteiger partial charge is 0.456 e. The van der Waals surface area contributed by atoms with Crippen molar-refractivity contribution in [3.63, 3.8) is 0 Å². The van der Waals surface area contributed by atoms with E-state index in [1.54, 1.807) is 32.9 Å². The predicted molar refractivity (Wildman–Crippen MR) is 92.3 cm³/mol. The summed E-state index contributed by atoms with van der Waals surface area (Å²) < 4.78 is 19.0. The van der Waals surface area contributed by atoms with Crippen molar-refractivity contribution in [1.82, 2.24) is 0 Å². The first-order valence-electron chi connectivity index (χ1n) is 7.47. The van der Waals surface area contributed by atoms with Crippen LogP contribution in [0.3, 0.4) is 0 Å². The zero-order valence-electron chi connectivity index (χ0n) is 14.1. The smallest absolute Gasteiger partial charge is 0.339 e. The summed E-state index contributed by atoms with van der Waals surface area (Å²) in [6, 6.07) is 9.36. The van der Waals surface area contributed by atoms with Gasteiger partial charge in [0, 0.05) is 15.4 Å². The zero-order chi connectivity index (χ0) is 17.9. The third-order valence-corrected chi connectivity index (χ3v) is 4.48. The lowest BCUT2D eigenvalue weighted by Gasteiger charge is -2.20. The highest BCUT2D eigenvalue weighted by Crippen LogP contribution is 2.35. The highest BCUT2D eigenvalue weighted by atomic mass is 32.2. The Balaban J connectivity index is 2.45. The van der Waals surface area contributed by atoms with Crippen LogP contribution >= 0.6 is 11.8 Å². The fourth-order valence-corrected chi connectivity index (χ4v) is 3.17. The maximum Gasteiger partial charge on any atom is 0.339 e. The van der Waals surface area contributed by atoms with Gasteiger partial charge in [-0.15, -0.1) is 0 Å². The quantitative estimate of drug-likeness (QED) is 0.574. The van der Waals surface area contributed by atoms with Crippen LogP contribution in [0.2, 0.25) is 0 Å². The number of aryl methyl sites for hydroxylation is 1. The number of hydrogen-bond acceptors (Lipinski definition) is 4. The molecule has 0 aromatic heterocycles. The second-order valence-corrected chi connectivity index (χ2v) is 7.41. The van der Waals surface area contributed by atoms with E-state index < -0.39 is 17.4 Å². The zero-order valence-corrected chi connectivity index (χ0v) is 14.9. The normalized spacial score (nSPS) is 11.2. The third kappa shape index (κ3) is 4.45. The molecular weight excluding hydrogens is 327 g/mol. The number of hydrogen-bond donors (Lipinski definition) is 0. The average Bonchev–Trinajstić information content (AvgIpc) is 2.49. The molecule has 0 N–H and O–H groups in total. The van der Waals surface area contributed by atoms with E-state index in [4.69, 9.17) is 4.74 Å². The minimum Gasteiger partial charge on any atom is -0.456 e. The first-order chi connectivity index (χ1) is 11.2. The predicted octanol–water partition coefficient (Wildman–Crippen LogP) is 5.05. The van der Waals surface area contributed by atoms with Gasteiger partial charge in [-0.1, -0.05) is 30.0 Å². The fourth-order valence-electron chi connectivity index (χ4n) is 2.10. The van der Waals surface area contributed by atoms with Crippen molar-refractivity contribution in [1.29, 1.82) is 0 Å². The van der Waals surface area contributed by atoms with Crippen molar-refractivity contribution in [2.45, 2.75) is 43.1 Å². The number of benzene rings is 2. The van der Waals surface area contributed by atoms with Crippen molar-refractivity contribution in [2.24, 2.45) is 0 Å². The molecule has 0 heterocycles. The molecule has 24 heavy (non-hydrogen) atoms. The summed E-state index contributed by atoms with van der Waals surface area (Å²) in [6.07, 6.45) is 0.770. The monoisotopic (exact) mass is 346 g/mol. The second-order valence-electron chi connectivity index (χ2n) is 6.36. The van der Waals surface area contributed by atoms with E-state index >= 15 is 0 Å². The van der Waals surface area contributed by atoms with Crippen LogP contribution in [0.25, 0.3) is 0 Å². The SMILES string of the molecule is Cc1cccc(C=O)c1Sc1ccc(F)cc1C(=O)OC(C)(C)C. The topological polar surface area (TPSA) is 43.4 Å². The average molecular weight is 346 g/mol. The van der Waals surface area contributed by atoms with Crippen molar-refractivity contribution in [2.75, 3.05) is 0 Å². The Kier molecular flexibility index (Phi) is 5.44. The van der Waals surface area contributed by atoms with Gasteiger partial charge in [0.05, 0.1) is 5.56 Å². The molecule has 0 aliphatic heterocycles. The Morgan fingerprint density at radius 3 is 2.54 bits per heavy atom. The molecule has 2 aromatic carbocycles. The van der Waals surface area contributed by atoms with E-state index in [2.05, 4.69) is 0 Å². The maximum atomic E-state index is 13.6. The summed E-state index contributed by atoms with van der Waals surface area (Å²) in [5.41, 5.74) is 0.903. The van der Waals surface area contributed by atoms with Crippen LogP contribution < -0.4 is 0 Å². The third-order valence-electron chi connectivity index (χ3n) is 3.14. The Morgan fingerprint density at radius 2 is 1.92 bits per heavy atom. The Labute approximate surface area is 145 Å². The molecule has 0 saturated carbocycles. The highest BCUT2D eigenvalue weighted by molar-refractivity contribution is 7.99. The molecule has 0 spiro atoms. The molecule has 2 rings (SSSR count). The summed E-state index contributed by atoms with van der Waals surface area (Å²) in [5, 5.41) is 0. The number of carbonyl (C=O) groups is 2. The van der Waals surface area contributed by atoms with Gasteiger partial charge in [-0.2, -0.15) is 0 Å². The Hall–Kier alpha value is -2.14. The van der Waals surface area contributed by atoms with Crippen LogP contribution in [0.15, 0.2) is 46.2 Å². The molecule has 0 unspecified atom stereocenters. The van der Waals surface area contributed by atoms with Crippen LogP contribution in [-0.4, -0.2) is 17.9 Å². The van der Waals surface area contributed by atoms with E-state index in [-0.39, 0.29) is 5.56 Å². The molecule has 126 valence electrons. The molecule has 0 atom stereocenters. The lowest BCUT2D eigenvalue weighted by atomic mass is 10.1. The first kappa shape index (κ1) is 18.2. The maximum absolute atomic E-state index is 13.6. The Bertz CT molecular complexity index is 779. The van der Waals surface area contributed by atoms with Crippen LogP contribution in [0.5, 0.6) is 0 Å². The van der Waals surface area contributed by atoms with Crippen LogP contribution in [0, 0.1) is 12.7 Å². The molecule has 0 aliphatic rings. The molecule has 0 amide bonds. The van der Waals surface area contributed by atoms with E-state index in [0.717, 1.165) is 22.8 Å². The summed E-state index contributed by atoms with van der Waals surface area (Å²) in [6.45, 7) is 7.14. The van der Waals surface area contributed by atoms with Gasteiger partial charge < -0.3 is 4.74 Å². The van der Waals surface area contributed by atoms with Gasteiger partial charge in [0.25, 0.3) is 0 Å². The molecule has 0 bridgehead atoms. The fraction of sp³-hybridized carbons (Fsp3) is 0.263. The van der Waals surface area contributed by atoms with Crippen molar-refractivity contribution in [3.8, 4) is 0 Å². The molecule has 2 aromatic rings. The second kappa shape index (κ2) is 7.18. The standard InChI is InChI=1S/C19H19FO3S/c1-12-6-5-7-13(11-21)17(12)24-16-9-8-14(20)10-15(16)18(22)23-19(2,3)4/h5-11H,1-4H3. The summed E-state index contributed by atoms with van der Waals surface area (Å²) >= 11 is 1.26. The van der Waals surface area contributed by atoms with Crippen LogP contribution in [0.4, 0.5) is 4.39 Å². The lowest BCUT2D eigenvalue weighted by Crippen LogP contribution is -2.24. The van der Waals surface area contributed by atoms with Crippen LogP contribution in [0.1, 0.15) is 47.1 Å². The van der Waals surface area contributed by atoms with Crippen molar-refractivity contribution < 1.29 is 18.7 Å². The van der Waals surface area contributed by atoms with E-state index in [0.29, 0.717) is 10.5 Å². The molecule has 5 heteroatoms. The van der Waals surface area contributed by atoms with Gasteiger partial charge >= 0.3 is 5.97 Å². The molecule has 0 aliphatic carbocycles. The molecule has 3 nitrogen and oxygen atoms in total. The number of ether oxygens (including phenoxy) is 1. The summed E-state index contributed by atoms with van der Waals surface area (Å²) in [7, 11) is 0. The minimum atomic E-state index is -0.679. The number of carbonyl (C=O) groups excluding carboxylic acids is 2. The van der Waals surface area contributed by atoms with Gasteiger partial charge in [0.15, 0.2) is 6.29 Å². The number of aldehydes is 1. The van der Waals surface area contributed by atoms with E-state index in [9.17, 15) is 14.0 Å². The number of rotatable bonds is 4. The van der Waals surface area contributed by atoms with Gasteiger partial charge in [-0.3, -0.25) is 4.79 Å².